The molecule has 0 atom stereocenters. The number of aliphatic imine (C=N–C) groups is 1. The molecule has 0 fully saturated rings. The second-order valence-electron chi connectivity index (χ2n) is 7.37. The summed E-state index contributed by atoms with van der Waals surface area (Å²) in [6.07, 6.45) is 1.49. The van der Waals surface area contributed by atoms with Crippen LogP contribution in [0.5, 0.6) is 23.0 Å². The summed E-state index contributed by atoms with van der Waals surface area (Å²) in [6.45, 7) is 0. The Morgan fingerprint density at radius 3 is 2.06 bits per heavy atom. The maximum absolute atomic E-state index is 10.1. The van der Waals surface area contributed by atoms with Crippen molar-refractivity contribution in [2.45, 2.75) is 0 Å². The third-order valence-electron chi connectivity index (χ3n) is 5.33. The summed E-state index contributed by atoms with van der Waals surface area (Å²) in [7, 11) is 4.61. The van der Waals surface area contributed by atoms with Gasteiger partial charge in [0.2, 0.25) is 5.88 Å². The van der Waals surface area contributed by atoms with E-state index >= 15 is 0 Å². The number of benzene rings is 3. The fourth-order valence-electron chi connectivity index (χ4n) is 3.55. The molecule has 8 heteroatoms. The number of phenolic OH excluding ortho intramolecular Hbond substituents is 1. The number of aromatic hydroxyl groups is 1. The van der Waals surface area contributed by atoms with E-state index in [1.165, 1.54) is 19.4 Å². The minimum absolute atomic E-state index is 0.114. The van der Waals surface area contributed by atoms with Crippen LogP contribution in [0.1, 0.15) is 11.1 Å². The van der Waals surface area contributed by atoms with Crippen LogP contribution in [-0.4, -0.2) is 32.7 Å². The summed E-state index contributed by atoms with van der Waals surface area (Å²) in [5.74, 6) is 2.05. The number of furan rings is 1. The molecule has 176 valence electrons. The minimum atomic E-state index is -0.161. The van der Waals surface area contributed by atoms with E-state index in [9.17, 15) is 10.4 Å². The fourth-order valence-corrected chi connectivity index (χ4v) is 3.77. The molecule has 0 bridgehead atoms. The number of hydrogen-bond donors (Lipinski definition) is 1. The smallest absolute Gasteiger partial charge is 0.238 e. The van der Waals surface area contributed by atoms with Crippen LogP contribution >= 0.6 is 11.6 Å². The van der Waals surface area contributed by atoms with E-state index in [2.05, 4.69) is 11.1 Å². The zero-order chi connectivity index (χ0) is 24.9. The highest BCUT2D eigenvalue weighted by Gasteiger charge is 2.23. The van der Waals surface area contributed by atoms with Crippen molar-refractivity contribution < 1.29 is 23.7 Å². The zero-order valence-electron chi connectivity index (χ0n) is 19.2. The maximum atomic E-state index is 10.1. The van der Waals surface area contributed by atoms with Crippen LogP contribution in [0.2, 0.25) is 5.02 Å². The Balaban J connectivity index is 1.86. The molecular formula is C27H21ClN2O5. The summed E-state index contributed by atoms with van der Waals surface area (Å²) < 4.78 is 21.8. The molecule has 1 heterocycles. The quantitative estimate of drug-likeness (QED) is 0.293. The van der Waals surface area contributed by atoms with Gasteiger partial charge in [0, 0.05) is 17.3 Å². The monoisotopic (exact) mass is 488 g/mol. The average molecular weight is 489 g/mol. The van der Waals surface area contributed by atoms with Gasteiger partial charge >= 0.3 is 0 Å². The lowest BCUT2D eigenvalue weighted by atomic mass is 9.98. The number of ether oxygens (including phenoxy) is 3. The zero-order valence-corrected chi connectivity index (χ0v) is 20.0. The van der Waals surface area contributed by atoms with Gasteiger partial charge in [0.15, 0.2) is 11.5 Å². The highest BCUT2D eigenvalue weighted by molar-refractivity contribution is 6.32. The lowest BCUT2D eigenvalue weighted by Gasteiger charge is -2.06. The van der Waals surface area contributed by atoms with Crippen molar-refractivity contribution in [3.05, 3.63) is 76.8 Å². The fraction of sp³-hybridized carbons (Fsp3) is 0.111. The van der Waals surface area contributed by atoms with Gasteiger partial charge in [-0.2, -0.15) is 5.26 Å². The number of halogens is 1. The molecule has 0 unspecified atom stereocenters. The summed E-state index contributed by atoms with van der Waals surface area (Å²) in [5.41, 5.74) is 2.96. The lowest BCUT2D eigenvalue weighted by Crippen LogP contribution is -1.88. The first-order chi connectivity index (χ1) is 17.0. The molecule has 0 aliphatic carbocycles. The average Bonchev–Trinajstić information content (AvgIpc) is 3.27. The highest BCUT2D eigenvalue weighted by Crippen LogP contribution is 2.43. The van der Waals surface area contributed by atoms with Crippen molar-refractivity contribution in [2.24, 2.45) is 4.99 Å². The molecule has 4 rings (SSSR count). The Labute approximate surface area is 207 Å². The molecule has 35 heavy (non-hydrogen) atoms. The van der Waals surface area contributed by atoms with E-state index in [4.69, 9.17) is 30.2 Å². The Morgan fingerprint density at radius 2 is 1.51 bits per heavy atom. The van der Waals surface area contributed by atoms with Crippen LogP contribution in [0.15, 0.2) is 70.1 Å². The minimum Gasteiger partial charge on any atom is -0.503 e. The van der Waals surface area contributed by atoms with Gasteiger partial charge in [-0.1, -0.05) is 23.7 Å². The first kappa shape index (κ1) is 23.7. The predicted molar refractivity (Wildman–Crippen MR) is 134 cm³/mol. The number of methoxy groups -OCH3 is 3. The van der Waals surface area contributed by atoms with E-state index in [1.807, 2.05) is 48.5 Å². The molecular weight excluding hydrogens is 468 g/mol. The molecule has 1 aromatic heterocycles. The molecule has 0 spiro atoms. The number of rotatable bonds is 7. The van der Waals surface area contributed by atoms with Crippen molar-refractivity contribution in [3.63, 3.8) is 0 Å². The topological polar surface area (TPSA) is 97.2 Å². The standard InChI is InChI=1S/C27H21ClN2O5/c1-32-19-8-4-17(5-9-19)24-21(14-29)27(35-26(24)18-6-10-20(33-2)11-7-18)30-15-16-12-22(28)25(31)23(13-16)34-3/h4-13,15,31H,1-3H3. The van der Waals surface area contributed by atoms with Gasteiger partial charge in [-0.05, 0) is 59.7 Å². The van der Waals surface area contributed by atoms with Gasteiger partial charge in [-0.25, -0.2) is 4.99 Å². The van der Waals surface area contributed by atoms with Crippen molar-refractivity contribution in [3.8, 4) is 51.5 Å². The van der Waals surface area contributed by atoms with Crippen molar-refractivity contribution in [1.82, 2.24) is 0 Å². The SMILES string of the molecule is COc1ccc(-c2oc(N=Cc3cc(Cl)c(O)c(OC)c3)c(C#N)c2-c2ccc(OC)cc2)cc1. The van der Waals surface area contributed by atoms with Crippen molar-refractivity contribution in [2.75, 3.05) is 21.3 Å². The third-order valence-corrected chi connectivity index (χ3v) is 5.62. The summed E-state index contributed by atoms with van der Waals surface area (Å²) in [6, 6.07) is 20.0. The van der Waals surface area contributed by atoms with Crippen LogP contribution < -0.4 is 14.2 Å². The van der Waals surface area contributed by atoms with Gasteiger partial charge in [-0.15, -0.1) is 0 Å². The van der Waals surface area contributed by atoms with E-state index in [-0.39, 0.29) is 28.0 Å². The number of phenols is 1. The molecule has 0 saturated heterocycles. The number of nitriles is 1. The van der Waals surface area contributed by atoms with Crippen molar-refractivity contribution >= 4 is 23.7 Å². The van der Waals surface area contributed by atoms with E-state index in [0.29, 0.717) is 28.4 Å². The van der Waals surface area contributed by atoms with E-state index in [1.54, 1.807) is 20.3 Å². The molecule has 3 aromatic carbocycles. The van der Waals surface area contributed by atoms with Gasteiger partial charge in [-0.3, -0.25) is 0 Å². The van der Waals surface area contributed by atoms with Crippen LogP contribution in [0.25, 0.3) is 22.5 Å². The number of nitrogens with zero attached hydrogens (tertiary/aromatic N) is 2. The molecule has 1 N–H and O–H groups in total. The molecule has 0 aliphatic rings. The second kappa shape index (κ2) is 10.2. The molecule has 7 nitrogen and oxygen atoms in total. The molecule has 0 amide bonds. The molecule has 0 saturated carbocycles. The Bertz CT molecular complexity index is 1420. The van der Waals surface area contributed by atoms with Gasteiger partial charge in [0.25, 0.3) is 0 Å². The van der Waals surface area contributed by atoms with Crippen LogP contribution in [0, 0.1) is 11.3 Å². The summed E-state index contributed by atoms with van der Waals surface area (Å²) in [5, 5.41) is 20.2. The molecule has 4 aromatic rings. The second-order valence-corrected chi connectivity index (χ2v) is 7.77. The predicted octanol–water partition coefficient (Wildman–Crippen LogP) is 6.62. The lowest BCUT2D eigenvalue weighted by molar-refractivity contribution is 0.373. The molecule has 0 aliphatic heterocycles. The normalized spacial score (nSPS) is 10.8. The van der Waals surface area contributed by atoms with Crippen LogP contribution in [-0.2, 0) is 0 Å². The Hall–Kier alpha value is -4.41. The van der Waals surface area contributed by atoms with Gasteiger partial charge in [0.05, 0.1) is 26.4 Å². The van der Waals surface area contributed by atoms with E-state index in [0.717, 1.165) is 11.1 Å². The van der Waals surface area contributed by atoms with Gasteiger partial charge in [0.1, 0.15) is 28.9 Å². The Morgan fingerprint density at radius 1 is 0.914 bits per heavy atom. The number of hydrogen-bond acceptors (Lipinski definition) is 7. The van der Waals surface area contributed by atoms with Crippen molar-refractivity contribution in [1.29, 1.82) is 5.26 Å². The maximum Gasteiger partial charge on any atom is 0.238 e. The molecule has 0 radical (unpaired) electrons. The first-order valence-electron chi connectivity index (χ1n) is 10.4. The van der Waals surface area contributed by atoms with Crippen LogP contribution in [0.4, 0.5) is 5.88 Å². The van der Waals surface area contributed by atoms with Crippen LogP contribution in [0.3, 0.4) is 0 Å². The largest absolute Gasteiger partial charge is 0.503 e. The van der Waals surface area contributed by atoms with Gasteiger partial charge < -0.3 is 23.7 Å². The summed E-state index contributed by atoms with van der Waals surface area (Å²) >= 11 is 6.09. The Kier molecular flexibility index (Phi) is 6.95. The first-order valence-corrected chi connectivity index (χ1v) is 10.8. The van der Waals surface area contributed by atoms with E-state index < -0.39 is 0 Å². The summed E-state index contributed by atoms with van der Waals surface area (Å²) in [4.78, 5) is 4.43. The third kappa shape index (κ3) is 4.79. The highest BCUT2D eigenvalue weighted by atomic mass is 35.5.